The van der Waals surface area contributed by atoms with Gasteiger partial charge in [0.15, 0.2) is 11.6 Å². The molecule has 0 radical (unpaired) electrons. The number of amides is 1. The molecule has 1 aromatic rings. The quantitative estimate of drug-likeness (QED) is 0.835. The van der Waals surface area contributed by atoms with Gasteiger partial charge in [-0.05, 0) is 30.0 Å². The van der Waals surface area contributed by atoms with Gasteiger partial charge in [-0.15, -0.1) is 0 Å². The van der Waals surface area contributed by atoms with Gasteiger partial charge in [-0.25, -0.2) is 8.78 Å². The van der Waals surface area contributed by atoms with Gasteiger partial charge in [0.2, 0.25) is 5.91 Å². The average Bonchev–Trinajstić information content (AvgIpc) is 3.30. The number of ether oxygens (including phenoxy) is 1. The van der Waals surface area contributed by atoms with Gasteiger partial charge in [0.05, 0.1) is 19.3 Å². The molecule has 1 saturated heterocycles. The molecule has 3 unspecified atom stereocenters. The summed E-state index contributed by atoms with van der Waals surface area (Å²) in [6.07, 6.45) is 0.611. The first kappa shape index (κ1) is 14.0. The third-order valence-electron chi connectivity index (χ3n) is 4.04. The maximum atomic E-state index is 13.2. The van der Waals surface area contributed by atoms with Crippen LogP contribution in [0, 0.1) is 28.9 Å². The van der Waals surface area contributed by atoms with Crippen LogP contribution >= 0.6 is 0 Å². The Hall–Kier alpha value is -2.00. The van der Waals surface area contributed by atoms with Crippen molar-refractivity contribution in [1.29, 1.82) is 5.26 Å². The maximum Gasteiger partial charge on any atom is 0.227 e. The molecule has 2 fully saturated rings. The van der Waals surface area contributed by atoms with Gasteiger partial charge < -0.3 is 9.64 Å². The summed E-state index contributed by atoms with van der Waals surface area (Å²) in [7, 11) is 0. The minimum atomic E-state index is -0.896. The minimum Gasteiger partial charge on any atom is -0.376 e. The average molecular weight is 292 g/mol. The molecular formula is C15H14F2N2O2. The lowest BCUT2D eigenvalue weighted by molar-refractivity contribution is -0.139. The first-order valence-corrected chi connectivity index (χ1v) is 6.84. The molecule has 2 aliphatic rings. The maximum absolute atomic E-state index is 13.2. The van der Waals surface area contributed by atoms with Gasteiger partial charge in [-0.1, -0.05) is 6.07 Å². The first-order chi connectivity index (χ1) is 10.1. The highest BCUT2D eigenvalue weighted by molar-refractivity contribution is 5.83. The van der Waals surface area contributed by atoms with Crippen LogP contribution in [0.5, 0.6) is 0 Å². The van der Waals surface area contributed by atoms with Crippen molar-refractivity contribution in [1.82, 2.24) is 4.90 Å². The summed E-state index contributed by atoms with van der Waals surface area (Å²) in [6, 6.07) is 5.24. The van der Waals surface area contributed by atoms with Gasteiger partial charge in [0, 0.05) is 12.5 Å². The van der Waals surface area contributed by atoms with Crippen molar-refractivity contribution < 1.29 is 18.3 Å². The van der Waals surface area contributed by atoms with E-state index in [1.165, 1.54) is 11.0 Å². The molecule has 1 aliphatic carbocycles. The highest BCUT2D eigenvalue weighted by atomic mass is 19.2. The second-order valence-electron chi connectivity index (χ2n) is 5.37. The van der Waals surface area contributed by atoms with Crippen molar-refractivity contribution >= 4 is 5.91 Å². The van der Waals surface area contributed by atoms with Gasteiger partial charge in [0.1, 0.15) is 6.04 Å². The van der Waals surface area contributed by atoms with Crippen molar-refractivity contribution in [3.63, 3.8) is 0 Å². The Balaban J connectivity index is 1.70. The van der Waals surface area contributed by atoms with Crippen molar-refractivity contribution in [3.8, 4) is 6.07 Å². The van der Waals surface area contributed by atoms with Crippen molar-refractivity contribution in [2.75, 3.05) is 19.8 Å². The SMILES string of the molecule is N#CC1COCCN1C(=O)C1CC1c1ccc(F)c(F)c1. The molecule has 1 aliphatic heterocycles. The van der Waals surface area contributed by atoms with Crippen LogP contribution in [0.4, 0.5) is 8.78 Å². The lowest BCUT2D eigenvalue weighted by Crippen LogP contribution is -2.48. The Kier molecular flexibility index (Phi) is 3.60. The zero-order valence-corrected chi connectivity index (χ0v) is 11.3. The summed E-state index contributed by atoms with van der Waals surface area (Å²) >= 11 is 0. The Morgan fingerprint density at radius 3 is 2.90 bits per heavy atom. The lowest BCUT2D eigenvalue weighted by Gasteiger charge is -2.31. The molecule has 1 amide bonds. The lowest BCUT2D eigenvalue weighted by atomic mass is 10.1. The number of hydrogen-bond acceptors (Lipinski definition) is 3. The zero-order valence-electron chi connectivity index (χ0n) is 11.3. The normalized spacial score (nSPS) is 28.0. The van der Waals surface area contributed by atoms with Gasteiger partial charge in [0.25, 0.3) is 0 Å². The molecule has 0 spiro atoms. The second kappa shape index (κ2) is 5.41. The molecule has 110 valence electrons. The van der Waals surface area contributed by atoms with E-state index in [-0.39, 0.29) is 24.3 Å². The highest BCUT2D eigenvalue weighted by Crippen LogP contribution is 2.49. The summed E-state index contributed by atoms with van der Waals surface area (Å²) in [5, 5.41) is 9.05. The molecule has 1 heterocycles. The van der Waals surface area contributed by atoms with E-state index in [0.717, 1.165) is 12.1 Å². The molecular weight excluding hydrogens is 278 g/mol. The van der Waals surface area contributed by atoms with Crippen LogP contribution in [0.15, 0.2) is 18.2 Å². The van der Waals surface area contributed by atoms with Gasteiger partial charge in [-0.3, -0.25) is 4.79 Å². The standard InChI is InChI=1S/C15H14F2N2O2/c16-13-2-1-9(5-14(13)17)11-6-12(11)15(20)19-3-4-21-8-10(19)7-18/h1-2,5,10-12H,3-4,6,8H2. The number of hydrogen-bond donors (Lipinski definition) is 0. The predicted octanol–water partition coefficient (Wildman–Crippen LogP) is 1.82. The fourth-order valence-corrected chi connectivity index (χ4v) is 2.77. The third-order valence-corrected chi connectivity index (χ3v) is 4.04. The molecule has 0 N–H and O–H groups in total. The summed E-state index contributed by atoms with van der Waals surface area (Å²) in [4.78, 5) is 14.0. The summed E-state index contributed by atoms with van der Waals surface area (Å²) in [6.45, 7) is 1.05. The van der Waals surface area contributed by atoms with Crippen LogP contribution < -0.4 is 0 Å². The molecule has 1 aromatic carbocycles. The van der Waals surface area contributed by atoms with Crippen LogP contribution in [0.2, 0.25) is 0 Å². The topological polar surface area (TPSA) is 53.3 Å². The fraction of sp³-hybridized carbons (Fsp3) is 0.467. The summed E-state index contributed by atoms with van der Waals surface area (Å²) < 4.78 is 31.3. The van der Waals surface area contributed by atoms with Gasteiger partial charge in [-0.2, -0.15) is 5.26 Å². The zero-order chi connectivity index (χ0) is 15.0. The van der Waals surface area contributed by atoms with E-state index in [1.54, 1.807) is 0 Å². The summed E-state index contributed by atoms with van der Waals surface area (Å²) in [5.74, 6) is -2.22. The Morgan fingerprint density at radius 1 is 1.38 bits per heavy atom. The summed E-state index contributed by atoms with van der Waals surface area (Å²) in [5.41, 5.74) is 0.633. The molecule has 0 aromatic heterocycles. The highest BCUT2D eigenvalue weighted by Gasteiger charge is 2.47. The van der Waals surface area contributed by atoms with E-state index in [4.69, 9.17) is 10.00 Å². The van der Waals surface area contributed by atoms with Crippen LogP contribution in [-0.2, 0) is 9.53 Å². The number of morpholine rings is 1. The third kappa shape index (κ3) is 2.61. The van der Waals surface area contributed by atoms with Crippen LogP contribution in [0.1, 0.15) is 17.9 Å². The molecule has 3 atom stereocenters. The number of rotatable bonds is 2. The molecule has 4 nitrogen and oxygen atoms in total. The van der Waals surface area contributed by atoms with E-state index in [1.807, 2.05) is 0 Å². The van der Waals surface area contributed by atoms with Crippen LogP contribution in [-0.4, -0.2) is 36.6 Å². The van der Waals surface area contributed by atoms with Crippen molar-refractivity contribution in [2.45, 2.75) is 18.4 Å². The van der Waals surface area contributed by atoms with Gasteiger partial charge >= 0.3 is 0 Å². The van der Waals surface area contributed by atoms with E-state index in [9.17, 15) is 13.6 Å². The Labute approximate surface area is 120 Å². The molecule has 21 heavy (non-hydrogen) atoms. The smallest absolute Gasteiger partial charge is 0.227 e. The van der Waals surface area contributed by atoms with Crippen LogP contribution in [0.25, 0.3) is 0 Å². The number of carbonyl (C=O) groups is 1. The molecule has 3 rings (SSSR count). The van der Waals surface area contributed by atoms with Crippen LogP contribution in [0.3, 0.4) is 0 Å². The molecule has 6 heteroatoms. The van der Waals surface area contributed by atoms with E-state index >= 15 is 0 Å². The number of benzene rings is 1. The number of nitrogens with zero attached hydrogens (tertiary/aromatic N) is 2. The Bertz CT molecular complexity index is 614. The number of halogens is 2. The van der Waals surface area contributed by atoms with E-state index in [0.29, 0.717) is 25.1 Å². The molecule has 1 saturated carbocycles. The minimum absolute atomic E-state index is 0.0882. The second-order valence-corrected chi connectivity index (χ2v) is 5.37. The number of carbonyl (C=O) groups excluding carboxylic acids is 1. The first-order valence-electron chi connectivity index (χ1n) is 6.84. The number of nitriles is 1. The van der Waals surface area contributed by atoms with Crippen molar-refractivity contribution in [2.24, 2.45) is 5.92 Å². The fourth-order valence-electron chi connectivity index (χ4n) is 2.77. The largest absolute Gasteiger partial charge is 0.376 e. The van der Waals surface area contributed by atoms with E-state index in [2.05, 4.69) is 6.07 Å². The predicted molar refractivity (Wildman–Crippen MR) is 69.1 cm³/mol. The van der Waals surface area contributed by atoms with E-state index < -0.39 is 17.7 Å². The monoisotopic (exact) mass is 292 g/mol. The van der Waals surface area contributed by atoms with Crippen molar-refractivity contribution in [3.05, 3.63) is 35.4 Å². The molecule has 0 bridgehead atoms. The Morgan fingerprint density at radius 2 is 2.19 bits per heavy atom.